The number of halogens is 2. The number of hydrogen-bond donors (Lipinski definition) is 1. The molecular weight excluding hydrogens is 272 g/mol. The van der Waals surface area contributed by atoms with E-state index < -0.39 is 17.5 Å². The fourth-order valence-electron chi connectivity index (χ4n) is 1.39. The molecule has 2 rings (SSSR count). The van der Waals surface area contributed by atoms with Gasteiger partial charge in [-0.15, -0.1) is 11.3 Å². The summed E-state index contributed by atoms with van der Waals surface area (Å²) in [6.07, 6.45) is -0.278. The molecule has 0 bridgehead atoms. The minimum Gasteiger partial charge on any atom is -0.301 e. The lowest BCUT2D eigenvalue weighted by atomic mass is 10.1. The van der Waals surface area contributed by atoms with Crippen LogP contribution in [0.1, 0.15) is 6.42 Å². The highest BCUT2D eigenvalue weighted by atomic mass is 32.1. The summed E-state index contributed by atoms with van der Waals surface area (Å²) in [7, 11) is 0. The molecule has 96 valence electrons. The maximum Gasteiger partial charge on any atom is 0.240 e. The third-order valence-corrected chi connectivity index (χ3v) is 2.95. The van der Waals surface area contributed by atoms with Crippen LogP contribution in [-0.2, 0) is 4.79 Å². The van der Waals surface area contributed by atoms with Gasteiger partial charge in [0.2, 0.25) is 5.91 Å². The average molecular weight is 279 g/mol. The monoisotopic (exact) mass is 279 g/mol. The van der Waals surface area contributed by atoms with Crippen LogP contribution in [0.25, 0.3) is 11.3 Å². The van der Waals surface area contributed by atoms with Crippen molar-refractivity contribution in [3.63, 3.8) is 0 Å². The maximum absolute atomic E-state index is 13.5. The predicted molar refractivity (Wildman–Crippen MR) is 66.3 cm³/mol. The van der Waals surface area contributed by atoms with Crippen molar-refractivity contribution in [1.82, 2.24) is 4.98 Å². The van der Waals surface area contributed by atoms with E-state index >= 15 is 0 Å². The number of carbonyl (C=O) groups excluding carboxylic acids is 1. The smallest absolute Gasteiger partial charge is 0.240 e. The summed E-state index contributed by atoms with van der Waals surface area (Å²) in [6, 6.07) is 4.88. The first-order valence-corrected chi connectivity index (χ1v) is 6.06. The Morgan fingerprint density at radius 1 is 1.47 bits per heavy atom. The third kappa shape index (κ3) is 3.11. The van der Waals surface area contributed by atoms with Crippen LogP contribution < -0.4 is 5.32 Å². The lowest BCUT2D eigenvalue weighted by molar-refractivity contribution is -0.115. The largest absolute Gasteiger partial charge is 0.301 e. The first-order valence-electron chi connectivity index (χ1n) is 5.18. The molecule has 1 amide bonds. The quantitative estimate of drug-likeness (QED) is 0.939. The van der Waals surface area contributed by atoms with Crippen molar-refractivity contribution in [3.8, 4) is 17.3 Å². The average Bonchev–Trinajstić information content (AvgIpc) is 2.77. The van der Waals surface area contributed by atoms with Crippen molar-refractivity contribution in [3.05, 3.63) is 35.2 Å². The molecule has 0 aliphatic rings. The maximum atomic E-state index is 13.5. The van der Waals surface area contributed by atoms with E-state index in [4.69, 9.17) is 5.26 Å². The Bertz CT molecular complexity index is 663. The number of nitrogens with one attached hydrogen (secondary N) is 1. The molecular formula is C12H7F2N3OS. The van der Waals surface area contributed by atoms with Crippen molar-refractivity contribution in [2.45, 2.75) is 6.42 Å². The number of rotatable bonds is 3. The van der Waals surface area contributed by atoms with Gasteiger partial charge in [0, 0.05) is 17.0 Å². The van der Waals surface area contributed by atoms with Crippen molar-refractivity contribution in [1.29, 1.82) is 5.26 Å². The van der Waals surface area contributed by atoms with Crippen LogP contribution >= 0.6 is 11.3 Å². The van der Waals surface area contributed by atoms with Crippen LogP contribution in [0.4, 0.5) is 13.9 Å². The molecule has 19 heavy (non-hydrogen) atoms. The summed E-state index contributed by atoms with van der Waals surface area (Å²) in [5.41, 5.74) is 0.452. The fraction of sp³-hybridized carbons (Fsp3) is 0.0833. The van der Waals surface area contributed by atoms with Crippen molar-refractivity contribution >= 4 is 22.4 Å². The van der Waals surface area contributed by atoms with Crippen molar-refractivity contribution in [2.24, 2.45) is 0 Å². The number of nitriles is 1. The van der Waals surface area contributed by atoms with Crippen molar-refractivity contribution < 1.29 is 13.6 Å². The summed E-state index contributed by atoms with van der Waals surface area (Å²) >= 11 is 1.10. The van der Waals surface area contributed by atoms with Gasteiger partial charge in [-0.05, 0) is 12.1 Å². The van der Waals surface area contributed by atoms with E-state index in [1.54, 1.807) is 6.07 Å². The first-order chi connectivity index (χ1) is 9.10. The zero-order chi connectivity index (χ0) is 13.8. The van der Waals surface area contributed by atoms with Crippen LogP contribution in [0.5, 0.6) is 0 Å². The van der Waals surface area contributed by atoms with Gasteiger partial charge in [0.25, 0.3) is 0 Å². The second kappa shape index (κ2) is 5.54. The van der Waals surface area contributed by atoms with Crippen LogP contribution in [-0.4, -0.2) is 10.9 Å². The molecule has 0 saturated heterocycles. The van der Waals surface area contributed by atoms with Gasteiger partial charge >= 0.3 is 0 Å². The van der Waals surface area contributed by atoms with Crippen LogP contribution in [0.2, 0.25) is 0 Å². The Balaban J connectivity index is 2.21. The minimum atomic E-state index is -0.722. The Morgan fingerprint density at radius 3 is 2.95 bits per heavy atom. The zero-order valence-corrected chi connectivity index (χ0v) is 10.3. The molecule has 1 aromatic carbocycles. The van der Waals surface area contributed by atoms with Gasteiger partial charge in [0.05, 0.1) is 11.8 Å². The number of thiazole rings is 1. The third-order valence-electron chi connectivity index (χ3n) is 2.20. The van der Waals surface area contributed by atoms with Gasteiger partial charge in [-0.3, -0.25) is 4.79 Å². The van der Waals surface area contributed by atoms with E-state index in [-0.39, 0.29) is 17.1 Å². The van der Waals surface area contributed by atoms with Gasteiger partial charge in [-0.2, -0.15) is 5.26 Å². The molecule has 0 radical (unpaired) electrons. The summed E-state index contributed by atoms with van der Waals surface area (Å²) in [5, 5.41) is 12.6. The minimum absolute atomic E-state index is 0.151. The molecule has 0 aliphatic heterocycles. The van der Waals surface area contributed by atoms with Crippen molar-refractivity contribution in [2.75, 3.05) is 5.32 Å². The number of nitrogens with zero attached hydrogens (tertiary/aromatic N) is 2. The molecule has 0 fully saturated rings. The number of aromatic nitrogens is 1. The standard InChI is InChI=1S/C12H7F2N3OS/c13-7-1-2-8(9(14)5-7)10-6-19-12(16-10)17-11(18)3-4-15/h1-2,5-6H,3H2,(H,16,17,18). The predicted octanol–water partition coefficient (Wildman–Crippen LogP) is 2.94. The number of benzene rings is 1. The lowest BCUT2D eigenvalue weighted by Gasteiger charge is -1.99. The molecule has 1 heterocycles. The molecule has 2 aromatic rings. The normalized spacial score (nSPS) is 9.95. The Labute approximate surface area is 111 Å². The van der Waals surface area contributed by atoms with Crippen LogP contribution in [0.3, 0.4) is 0 Å². The lowest BCUT2D eigenvalue weighted by Crippen LogP contribution is -2.09. The van der Waals surface area contributed by atoms with Gasteiger partial charge in [0.15, 0.2) is 5.13 Å². The van der Waals surface area contributed by atoms with Crippen LogP contribution in [0.15, 0.2) is 23.6 Å². The van der Waals surface area contributed by atoms with Gasteiger partial charge in [-0.25, -0.2) is 13.8 Å². The fourth-order valence-corrected chi connectivity index (χ4v) is 2.11. The highest BCUT2D eigenvalue weighted by Gasteiger charge is 2.11. The second-order valence-electron chi connectivity index (χ2n) is 3.55. The van der Waals surface area contributed by atoms with Crippen LogP contribution in [0, 0.1) is 23.0 Å². The Hall–Kier alpha value is -2.33. The number of carbonyl (C=O) groups is 1. The molecule has 0 unspecified atom stereocenters. The van der Waals surface area contributed by atoms with E-state index in [1.807, 2.05) is 0 Å². The summed E-state index contributed by atoms with van der Waals surface area (Å²) < 4.78 is 26.3. The molecule has 0 spiro atoms. The highest BCUT2D eigenvalue weighted by molar-refractivity contribution is 7.14. The molecule has 0 saturated carbocycles. The molecule has 0 atom stereocenters. The van der Waals surface area contributed by atoms with E-state index in [0.717, 1.165) is 23.5 Å². The van der Waals surface area contributed by atoms with Gasteiger partial charge in [-0.1, -0.05) is 0 Å². The first kappa shape index (κ1) is 13.1. The highest BCUT2D eigenvalue weighted by Crippen LogP contribution is 2.27. The SMILES string of the molecule is N#CCC(=O)Nc1nc(-c2ccc(F)cc2F)cs1. The molecule has 1 N–H and O–H groups in total. The van der Waals surface area contributed by atoms with E-state index in [1.165, 1.54) is 11.4 Å². The molecule has 1 aromatic heterocycles. The second-order valence-corrected chi connectivity index (χ2v) is 4.40. The molecule has 4 nitrogen and oxygen atoms in total. The summed E-state index contributed by atoms with van der Waals surface area (Å²) in [5.74, 6) is -1.87. The number of amides is 1. The Morgan fingerprint density at radius 2 is 2.26 bits per heavy atom. The van der Waals surface area contributed by atoms with E-state index in [9.17, 15) is 13.6 Å². The summed E-state index contributed by atoms with van der Waals surface area (Å²) in [4.78, 5) is 15.2. The van der Waals surface area contributed by atoms with Gasteiger partial charge < -0.3 is 5.32 Å². The number of anilines is 1. The molecule has 7 heteroatoms. The summed E-state index contributed by atoms with van der Waals surface area (Å²) in [6.45, 7) is 0. The van der Waals surface area contributed by atoms with Gasteiger partial charge in [0.1, 0.15) is 18.1 Å². The number of hydrogen-bond acceptors (Lipinski definition) is 4. The Kier molecular flexibility index (Phi) is 3.82. The van der Waals surface area contributed by atoms with E-state index in [0.29, 0.717) is 5.69 Å². The zero-order valence-electron chi connectivity index (χ0n) is 9.48. The van der Waals surface area contributed by atoms with E-state index in [2.05, 4.69) is 10.3 Å². The topological polar surface area (TPSA) is 65.8 Å². The molecule has 0 aliphatic carbocycles.